The highest BCUT2D eigenvalue weighted by Crippen LogP contribution is 2.52. The van der Waals surface area contributed by atoms with Crippen LogP contribution in [0.4, 0.5) is 13.2 Å². The number of hydrogen-bond acceptors (Lipinski definition) is 6. The van der Waals surface area contributed by atoms with Crippen LogP contribution >= 0.6 is 11.6 Å². The Balaban J connectivity index is 1.40. The molecule has 1 aromatic heterocycles. The van der Waals surface area contributed by atoms with E-state index in [1.807, 2.05) is 0 Å². The smallest absolute Gasteiger partial charge is 0.425 e. The lowest BCUT2D eigenvalue weighted by Crippen LogP contribution is -2.52. The number of nitrogens with one attached hydrogen (secondary N) is 1. The molecule has 1 saturated carbocycles. The van der Waals surface area contributed by atoms with E-state index in [0.717, 1.165) is 0 Å². The van der Waals surface area contributed by atoms with Crippen LogP contribution in [0.1, 0.15) is 56.3 Å². The zero-order chi connectivity index (χ0) is 27.4. The highest BCUT2D eigenvalue weighted by atomic mass is 35.5. The van der Waals surface area contributed by atoms with Gasteiger partial charge in [0.05, 0.1) is 29.1 Å². The maximum Gasteiger partial charge on any atom is 0.425 e. The molecule has 12 heteroatoms. The Hall–Kier alpha value is -3.34. The Bertz CT molecular complexity index is 1300. The van der Waals surface area contributed by atoms with Gasteiger partial charge in [0.1, 0.15) is 5.75 Å². The molecular formula is C26H27ClF3N5O3. The number of pyridine rings is 1. The Labute approximate surface area is 222 Å². The fourth-order valence-corrected chi connectivity index (χ4v) is 5.54. The third kappa shape index (κ3) is 5.16. The zero-order valence-electron chi connectivity index (χ0n) is 20.7. The number of rotatable bonds is 5. The first-order valence-electron chi connectivity index (χ1n) is 12.2. The number of nitrogens with zero attached hydrogens (tertiary/aromatic N) is 3. The minimum atomic E-state index is -4.58. The summed E-state index contributed by atoms with van der Waals surface area (Å²) in [5, 5.41) is 3.15. The number of hydrogen-bond donors (Lipinski definition) is 2. The van der Waals surface area contributed by atoms with Crippen molar-refractivity contribution in [2.75, 3.05) is 0 Å². The molecule has 202 valence electrons. The molecule has 1 aromatic carbocycles. The number of benzene rings is 1. The lowest BCUT2D eigenvalue weighted by molar-refractivity contribution is -0.201. The summed E-state index contributed by atoms with van der Waals surface area (Å²) in [7, 11) is 0. The maximum absolute atomic E-state index is 13.5. The Kier molecular flexibility index (Phi) is 6.53. The van der Waals surface area contributed by atoms with Gasteiger partial charge in [-0.05, 0) is 43.9 Å². The average molecular weight is 550 g/mol. The third-order valence-electron chi connectivity index (χ3n) is 7.14. The number of alkyl halides is 3. The number of fused-ring (bicyclic) bond motifs is 1. The van der Waals surface area contributed by atoms with Crippen LogP contribution in [0.15, 0.2) is 47.7 Å². The number of nitrogens with two attached hydrogens (primary N) is 1. The van der Waals surface area contributed by atoms with Crippen LogP contribution in [0.5, 0.6) is 5.75 Å². The summed E-state index contributed by atoms with van der Waals surface area (Å²) in [6, 6.07) is 6.49. The van der Waals surface area contributed by atoms with Gasteiger partial charge in [0.2, 0.25) is 11.8 Å². The van der Waals surface area contributed by atoms with Crippen molar-refractivity contribution in [2.45, 2.75) is 63.0 Å². The highest BCUT2D eigenvalue weighted by Gasteiger charge is 2.54. The van der Waals surface area contributed by atoms with Crippen LogP contribution in [-0.4, -0.2) is 45.5 Å². The first-order valence-corrected chi connectivity index (χ1v) is 12.6. The number of ether oxygens (including phenoxy) is 1. The van der Waals surface area contributed by atoms with E-state index < -0.39 is 48.1 Å². The van der Waals surface area contributed by atoms with Crippen LogP contribution in [0.2, 0.25) is 5.02 Å². The first kappa shape index (κ1) is 26.3. The van der Waals surface area contributed by atoms with Crippen molar-refractivity contribution in [1.29, 1.82) is 0 Å². The number of halogens is 4. The van der Waals surface area contributed by atoms with Crippen molar-refractivity contribution in [1.82, 2.24) is 15.2 Å². The molecule has 38 heavy (non-hydrogen) atoms. The van der Waals surface area contributed by atoms with Crippen molar-refractivity contribution in [2.24, 2.45) is 22.6 Å². The molecule has 1 aliphatic carbocycles. The minimum Gasteiger partial charge on any atom is -0.480 e. The molecule has 5 atom stereocenters. The molecule has 5 rings (SSSR count). The number of guanidine groups is 1. The molecule has 0 radical (unpaired) electrons. The van der Waals surface area contributed by atoms with E-state index in [-0.39, 0.29) is 30.0 Å². The maximum atomic E-state index is 13.5. The molecular weight excluding hydrogens is 523 g/mol. The van der Waals surface area contributed by atoms with E-state index in [2.05, 4.69) is 15.3 Å². The van der Waals surface area contributed by atoms with Gasteiger partial charge in [-0.15, -0.1) is 0 Å². The number of carbonyl (C=O) groups is 2. The quantitative estimate of drug-likeness (QED) is 0.577. The van der Waals surface area contributed by atoms with Crippen LogP contribution < -0.4 is 15.8 Å². The van der Waals surface area contributed by atoms with E-state index in [9.17, 15) is 22.8 Å². The highest BCUT2D eigenvalue weighted by molar-refractivity contribution is 6.30. The summed E-state index contributed by atoms with van der Waals surface area (Å²) in [6.45, 7) is 3.61. The zero-order valence-corrected chi connectivity index (χ0v) is 21.5. The number of carbonyl (C=O) groups excluding carboxylic acids is 2. The molecule has 0 saturated heterocycles. The van der Waals surface area contributed by atoms with Gasteiger partial charge in [-0.3, -0.25) is 19.5 Å². The Morgan fingerprint density at radius 1 is 1.26 bits per heavy atom. The van der Waals surface area contributed by atoms with Crippen LogP contribution in [0.3, 0.4) is 0 Å². The summed E-state index contributed by atoms with van der Waals surface area (Å²) in [5.74, 6) is -1.44. The van der Waals surface area contributed by atoms with Crippen molar-refractivity contribution in [3.8, 4) is 5.75 Å². The molecule has 0 spiro atoms. The normalized spacial score (nSPS) is 27.1. The van der Waals surface area contributed by atoms with E-state index in [0.29, 0.717) is 22.6 Å². The van der Waals surface area contributed by atoms with E-state index >= 15 is 0 Å². The third-order valence-corrected chi connectivity index (χ3v) is 7.35. The van der Waals surface area contributed by atoms with Crippen LogP contribution in [0, 0.1) is 11.8 Å². The summed E-state index contributed by atoms with van der Waals surface area (Å²) in [4.78, 5) is 36.6. The molecule has 8 nitrogen and oxygen atoms in total. The summed E-state index contributed by atoms with van der Waals surface area (Å²) in [6.07, 6.45) is -3.51. The van der Waals surface area contributed by atoms with Crippen molar-refractivity contribution in [3.63, 3.8) is 0 Å². The standard InChI is InChI=1S/C26H27ClF3N5O3/c1-25(2)10-21(36)35(24(31)34-25)22(13-7-14(27)12-32-11-13)16-8-17(16)23(37)33-18-9-20(26(28,29)30)38-19-6-4-3-5-15(18)19/h3-7,11-12,16-18,20,22H,8-10H2,1-2H3,(H2,31,34)(H,33,37)/t16-,17-,18-,20-,22+/m0/s1. The summed E-state index contributed by atoms with van der Waals surface area (Å²) < 4.78 is 45.7. The van der Waals surface area contributed by atoms with Gasteiger partial charge in [0.25, 0.3) is 0 Å². The Morgan fingerprint density at radius 2 is 2.00 bits per heavy atom. The predicted octanol–water partition coefficient (Wildman–Crippen LogP) is 4.31. The molecule has 3 N–H and O–H groups in total. The summed E-state index contributed by atoms with van der Waals surface area (Å²) >= 11 is 6.19. The van der Waals surface area contributed by atoms with Crippen LogP contribution in [-0.2, 0) is 9.59 Å². The van der Waals surface area contributed by atoms with Gasteiger partial charge < -0.3 is 15.8 Å². The van der Waals surface area contributed by atoms with Gasteiger partial charge in [-0.25, -0.2) is 4.99 Å². The van der Waals surface area contributed by atoms with E-state index in [1.54, 1.807) is 44.3 Å². The van der Waals surface area contributed by atoms with Gasteiger partial charge in [0, 0.05) is 30.3 Å². The van der Waals surface area contributed by atoms with Crippen LogP contribution in [0.25, 0.3) is 0 Å². The SMILES string of the molecule is CC1(C)CC(=O)N([C@H](c2cncc(Cl)c2)[C@H]2C[C@@H]2C(=O)N[C@H]2C[C@@H](C(F)(F)F)Oc3ccccc32)C(N)=N1. The van der Waals surface area contributed by atoms with E-state index in [1.165, 1.54) is 17.2 Å². The van der Waals surface area contributed by atoms with Gasteiger partial charge in [-0.2, -0.15) is 13.2 Å². The molecule has 2 aliphatic heterocycles. The van der Waals surface area contributed by atoms with Gasteiger partial charge >= 0.3 is 6.18 Å². The number of para-hydroxylation sites is 1. The molecule has 1 fully saturated rings. The second-order valence-corrected chi connectivity index (χ2v) is 11.0. The van der Waals surface area contributed by atoms with Crippen molar-refractivity contribution in [3.05, 3.63) is 58.9 Å². The fourth-order valence-electron chi connectivity index (χ4n) is 5.36. The lowest BCUT2D eigenvalue weighted by atomic mass is 9.94. The minimum absolute atomic E-state index is 0.0358. The lowest BCUT2D eigenvalue weighted by Gasteiger charge is -2.38. The monoisotopic (exact) mass is 549 g/mol. The average Bonchev–Trinajstić information content (AvgIpc) is 3.60. The molecule has 3 heterocycles. The summed E-state index contributed by atoms with van der Waals surface area (Å²) in [5.41, 5.74) is 6.66. The second-order valence-electron chi connectivity index (χ2n) is 10.6. The largest absolute Gasteiger partial charge is 0.480 e. The van der Waals surface area contributed by atoms with E-state index in [4.69, 9.17) is 22.1 Å². The molecule has 2 amide bonds. The first-order chi connectivity index (χ1) is 17.8. The Morgan fingerprint density at radius 3 is 2.68 bits per heavy atom. The fraction of sp³-hybridized carbons (Fsp3) is 0.462. The molecule has 3 aliphatic rings. The van der Waals surface area contributed by atoms with Crippen molar-refractivity contribution < 1.29 is 27.5 Å². The number of aliphatic imine (C=N–C) groups is 1. The van der Waals surface area contributed by atoms with Gasteiger partial charge in [-0.1, -0.05) is 29.8 Å². The van der Waals surface area contributed by atoms with Crippen molar-refractivity contribution >= 4 is 29.4 Å². The second kappa shape index (κ2) is 9.44. The topological polar surface area (TPSA) is 110 Å². The predicted molar refractivity (Wildman–Crippen MR) is 133 cm³/mol. The number of aromatic nitrogens is 1. The molecule has 0 unspecified atom stereocenters. The van der Waals surface area contributed by atoms with Gasteiger partial charge in [0.15, 0.2) is 12.1 Å². The molecule has 0 bridgehead atoms. The number of amides is 2. The molecule has 2 aromatic rings.